The van der Waals surface area contributed by atoms with Gasteiger partial charge in [-0.2, -0.15) is 0 Å². The van der Waals surface area contributed by atoms with E-state index in [1.165, 1.54) is 0 Å². The smallest absolute Gasteiger partial charge is 0.225 e. The summed E-state index contributed by atoms with van der Waals surface area (Å²) >= 11 is 5.84. The number of carbonyl (C=O) groups is 2. The van der Waals surface area contributed by atoms with Gasteiger partial charge in [0.25, 0.3) is 0 Å². The number of carbonyl (C=O) groups excluding carboxylic acids is 2. The van der Waals surface area contributed by atoms with Crippen LogP contribution in [0.25, 0.3) is 0 Å². The quantitative estimate of drug-likeness (QED) is 0.779. The SMILES string of the molecule is CN(CCOc1ccc(Cl)cc1)C(=O)C1CCN(C(=O)C2CC2)CC1. The van der Waals surface area contributed by atoms with Crippen LogP contribution in [0.5, 0.6) is 5.75 Å². The predicted molar refractivity (Wildman–Crippen MR) is 96.6 cm³/mol. The van der Waals surface area contributed by atoms with Crippen molar-refractivity contribution in [2.75, 3.05) is 33.3 Å². The maximum Gasteiger partial charge on any atom is 0.225 e. The summed E-state index contributed by atoms with van der Waals surface area (Å²) in [5, 5.41) is 0.672. The van der Waals surface area contributed by atoms with E-state index >= 15 is 0 Å². The first-order valence-corrected chi connectivity index (χ1v) is 9.34. The Labute approximate surface area is 153 Å². The minimum Gasteiger partial charge on any atom is -0.492 e. The Kier molecular flexibility index (Phi) is 5.84. The zero-order valence-corrected chi connectivity index (χ0v) is 15.4. The van der Waals surface area contributed by atoms with Crippen molar-refractivity contribution in [3.05, 3.63) is 29.3 Å². The van der Waals surface area contributed by atoms with Crippen LogP contribution in [0.3, 0.4) is 0 Å². The number of likely N-dealkylation sites (tertiary alicyclic amines) is 1. The monoisotopic (exact) mass is 364 g/mol. The number of ether oxygens (including phenoxy) is 1. The van der Waals surface area contributed by atoms with E-state index in [2.05, 4.69) is 0 Å². The minimum absolute atomic E-state index is 0.0174. The van der Waals surface area contributed by atoms with Gasteiger partial charge in [-0.3, -0.25) is 9.59 Å². The molecule has 6 heteroatoms. The lowest BCUT2D eigenvalue weighted by Gasteiger charge is -2.33. The number of likely N-dealkylation sites (N-methyl/N-ethyl adjacent to an activating group) is 1. The normalized spacial score (nSPS) is 18.1. The molecule has 1 aliphatic heterocycles. The third-order valence-electron chi connectivity index (χ3n) is 4.97. The molecule has 2 aliphatic rings. The van der Waals surface area contributed by atoms with Gasteiger partial charge in [0.1, 0.15) is 12.4 Å². The van der Waals surface area contributed by atoms with Crippen LogP contribution in [-0.2, 0) is 9.59 Å². The summed E-state index contributed by atoms with van der Waals surface area (Å²) in [5.74, 6) is 1.47. The molecule has 136 valence electrons. The van der Waals surface area contributed by atoms with Crippen molar-refractivity contribution in [2.24, 2.45) is 11.8 Å². The van der Waals surface area contributed by atoms with Gasteiger partial charge in [0.15, 0.2) is 0 Å². The third-order valence-corrected chi connectivity index (χ3v) is 5.22. The lowest BCUT2D eigenvalue weighted by atomic mass is 9.95. The second-order valence-electron chi connectivity index (χ2n) is 6.94. The van der Waals surface area contributed by atoms with E-state index in [0.29, 0.717) is 31.3 Å². The molecule has 1 aliphatic carbocycles. The van der Waals surface area contributed by atoms with Crippen LogP contribution in [0, 0.1) is 11.8 Å². The molecule has 1 heterocycles. The van der Waals surface area contributed by atoms with E-state index in [1.807, 2.05) is 24.1 Å². The van der Waals surface area contributed by atoms with Crippen molar-refractivity contribution < 1.29 is 14.3 Å². The van der Waals surface area contributed by atoms with Crippen molar-refractivity contribution in [1.29, 1.82) is 0 Å². The molecular formula is C19H25ClN2O3. The molecular weight excluding hydrogens is 340 g/mol. The molecule has 1 aromatic carbocycles. The Morgan fingerprint density at radius 3 is 2.36 bits per heavy atom. The van der Waals surface area contributed by atoms with E-state index < -0.39 is 0 Å². The number of rotatable bonds is 6. The van der Waals surface area contributed by atoms with Crippen molar-refractivity contribution in [1.82, 2.24) is 9.80 Å². The Hall–Kier alpha value is -1.75. The second kappa shape index (κ2) is 8.09. The van der Waals surface area contributed by atoms with Crippen molar-refractivity contribution in [3.8, 4) is 5.75 Å². The van der Waals surface area contributed by atoms with Crippen LogP contribution < -0.4 is 4.74 Å². The van der Waals surface area contributed by atoms with Gasteiger partial charge in [-0.25, -0.2) is 0 Å². The Bertz CT molecular complexity index is 608. The van der Waals surface area contributed by atoms with Gasteiger partial charge in [0, 0.05) is 37.0 Å². The number of nitrogens with zero attached hydrogens (tertiary/aromatic N) is 2. The molecule has 0 bridgehead atoms. The summed E-state index contributed by atoms with van der Waals surface area (Å²) in [7, 11) is 1.81. The van der Waals surface area contributed by atoms with Crippen LogP contribution in [-0.4, -0.2) is 54.9 Å². The van der Waals surface area contributed by atoms with E-state index in [-0.39, 0.29) is 23.7 Å². The van der Waals surface area contributed by atoms with Crippen LogP contribution in [0.4, 0.5) is 0 Å². The van der Waals surface area contributed by atoms with Gasteiger partial charge in [-0.15, -0.1) is 0 Å². The third kappa shape index (κ3) is 4.88. The molecule has 1 saturated heterocycles. The number of piperidine rings is 1. The fraction of sp³-hybridized carbons (Fsp3) is 0.579. The second-order valence-corrected chi connectivity index (χ2v) is 7.37. The fourth-order valence-corrected chi connectivity index (χ4v) is 3.31. The lowest BCUT2D eigenvalue weighted by Crippen LogP contribution is -2.44. The molecule has 0 N–H and O–H groups in total. The lowest BCUT2D eigenvalue weighted by molar-refractivity contribution is -0.140. The maximum atomic E-state index is 12.6. The highest BCUT2D eigenvalue weighted by molar-refractivity contribution is 6.30. The van der Waals surface area contributed by atoms with Crippen molar-refractivity contribution in [3.63, 3.8) is 0 Å². The number of halogens is 1. The first-order chi connectivity index (χ1) is 12.0. The average Bonchev–Trinajstić information content (AvgIpc) is 3.47. The standard InChI is InChI=1S/C19H25ClN2O3/c1-21(12-13-25-17-6-4-16(20)5-7-17)18(23)15-8-10-22(11-9-15)19(24)14-2-3-14/h4-7,14-15H,2-3,8-13H2,1H3. The molecule has 0 spiro atoms. The Morgan fingerprint density at radius 1 is 1.12 bits per heavy atom. The number of hydrogen-bond donors (Lipinski definition) is 0. The number of amides is 2. The van der Waals surface area contributed by atoms with Gasteiger partial charge in [0.05, 0.1) is 6.54 Å². The van der Waals surface area contributed by atoms with Crippen LogP contribution in [0.15, 0.2) is 24.3 Å². The van der Waals surface area contributed by atoms with E-state index in [9.17, 15) is 9.59 Å². The fourth-order valence-electron chi connectivity index (χ4n) is 3.19. The topological polar surface area (TPSA) is 49.9 Å². The van der Waals surface area contributed by atoms with Gasteiger partial charge < -0.3 is 14.5 Å². The number of benzene rings is 1. The van der Waals surface area contributed by atoms with Crippen LogP contribution in [0.1, 0.15) is 25.7 Å². The largest absolute Gasteiger partial charge is 0.492 e. The molecule has 2 fully saturated rings. The molecule has 5 nitrogen and oxygen atoms in total. The Balaban J connectivity index is 1.38. The Morgan fingerprint density at radius 2 is 1.76 bits per heavy atom. The van der Waals surface area contributed by atoms with Gasteiger partial charge in [-0.1, -0.05) is 11.6 Å². The highest BCUT2D eigenvalue weighted by Crippen LogP contribution is 2.32. The van der Waals surface area contributed by atoms with Crippen molar-refractivity contribution >= 4 is 23.4 Å². The summed E-state index contributed by atoms with van der Waals surface area (Å²) in [4.78, 5) is 28.3. The molecule has 0 aromatic heterocycles. The molecule has 0 unspecified atom stereocenters. The molecule has 0 radical (unpaired) electrons. The zero-order chi connectivity index (χ0) is 17.8. The summed E-state index contributed by atoms with van der Waals surface area (Å²) < 4.78 is 5.65. The molecule has 0 atom stereocenters. The van der Waals surface area contributed by atoms with E-state index in [1.54, 1.807) is 17.0 Å². The predicted octanol–water partition coefficient (Wildman–Crippen LogP) is 2.83. The highest BCUT2D eigenvalue weighted by atomic mass is 35.5. The molecule has 2 amide bonds. The molecule has 3 rings (SSSR count). The summed E-state index contributed by atoms with van der Waals surface area (Å²) in [6, 6.07) is 7.19. The average molecular weight is 365 g/mol. The van der Waals surface area contributed by atoms with Gasteiger partial charge in [-0.05, 0) is 49.9 Å². The first-order valence-electron chi connectivity index (χ1n) is 8.96. The summed E-state index contributed by atoms with van der Waals surface area (Å²) in [6.07, 6.45) is 3.60. The van der Waals surface area contributed by atoms with Gasteiger partial charge >= 0.3 is 0 Å². The van der Waals surface area contributed by atoms with Crippen molar-refractivity contribution in [2.45, 2.75) is 25.7 Å². The molecule has 1 aromatic rings. The zero-order valence-electron chi connectivity index (χ0n) is 14.6. The first kappa shape index (κ1) is 18.1. The van der Waals surface area contributed by atoms with Crippen LogP contribution in [0.2, 0.25) is 5.02 Å². The highest BCUT2D eigenvalue weighted by Gasteiger charge is 2.36. The maximum absolute atomic E-state index is 12.6. The van der Waals surface area contributed by atoms with E-state index in [0.717, 1.165) is 31.4 Å². The summed E-state index contributed by atoms with van der Waals surface area (Å²) in [5.41, 5.74) is 0. The minimum atomic E-state index is 0.0174. The van der Waals surface area contributed by atoms with Crippen LogP contribution >= 0.6 is 11.6 Å². The van der Waals surface area contributed by atoms with E-state index in [4.69, 9.17) is 16.3 Å². The summed E-state index contributed by atoms with van der Waals surface area (Å²) in [6.45, 7) is 2.41. The molecule has 1 saturated carbocycles. The molecule has 25 heavy (non-hydrogen) atoms. The number of hydrogen-bond acceptors (Lipinski definition) is 3. The van der Waals surface area contributed by atoms with Gasteiger partial charge in [0.2, 0.25) is 11.8 Å².